The zero-order valence-corrected chi connectivity index (χ0v) is 11.7. The number of rotatable bonds is 3. The van der Waals surface area contributed by atoms with Gasteiger partial charge in [0.2, 0.25) is 0 Å². The van der Waals surface area contributed by atoms with Gasteiger partial charge in [0.25, 0.3) is 0 Å². The van der Waals surface area contributed by atoms with Crippen LogP contribution in [-0.2, 0) is 6.42 Å². The second-order valence-electron chi connectivity index (χ2n) is 5.49. The fraction of sp³-hybridized carbons (Fsp3) is 0.533. The molecule has 1 saturated heterocycles. The molecule has 1 aliphatic rings. The van der Waals surface area contributed by atoms with Crippen molar-refractivity contribution in [2.45, 2.75) is 19.3 Å². The largest absolute Gasteiger partial charge is 0.495 e. The van der Waals surface area contributed by atoms with Crippen LogP contribution in [0.15, 0.2) is 24.5 Å². The molecule has 4 heteroatoms. The third kappa shape index (κ3) is 2.59. The Kier molecular flexibility index (Phi) is 3.42. The maximum atomic E-state index is 5.30. The van der Waals surface area contributed by atoms with Gasteiger partial charge in [-0.25, -0.2) is 4.98 Å². The van der Waals surface area contributed by atoms with Crippen LogP contribution in [0, 0.1) is 5.92 Å². The molecule has 0 radical (unpaired) electrons. The monoisotopic (exact) mass is 259 g/mol. The molecule has 0 aliphatic carbocycles. The summed E-state index contributed by atoms with van der Waals surface area (Å²) in [5.74, 6) is 2.80. The summed E-state index contributed by atoms with van der Waals surface area (Å²) in [6, 6.07) is 4.04. The summed E-state index contributed by atoms with van der Waals surface area (Å²) in [7, 11) is 3.90. The summed E-state index contributed by atoms with van der Waals surface area (Å²) in [5, 5.41) is 0. The van der Waals surface area contributed by atoms with Crippen LogP contribution in [0.5, 0.6) is 5.75 Å². The van der Waals surface area contributed by atoms with E-state index in [4.69, 9.17) is 4.74 Å². The first-order chi connectivity index (χ1) is 9.26. The number of hydrogen-bond donors (Lipinski definition) is 0. The van der Waals surface area contributed by atoms with E-state index < -0.39 is 0 Å². The lowest BCUT2D eigenvalue weighted by Crippen LogP contribution is -2.31. The van der Waals surface area contributed by atoms with E-state index in [-0.39, 0.29) is 0 Å². The molecule has 0 unspecified atom stereocenters. The highest BCUT2D eigenvalue weighted by Gasteiger charge is 2.18. The van der Waals surface area contributed by atoms with E-state index in [1.54, 1.807) is 7.11 Å². The van der Waals surface area contributed by atoms with Gasteiger partial charge >= 0.3 is 0 Å². The van der Waals surface area contributed by atoms with Gasteiger partial charge < -0.3 is 14.0 Å². The molecule has 3 rings (SSSR count). The number of fused-ring (bicyclic) bond motifs is 1. The minimum atomic E-state index is 0.757. The molecular formula is C15H21N3O. The lowest BCUT2D eigenvalue weighted by Gasteiger charge is -2.28. The Hall–Kier alpha value is -1.55. The number of methoxy groups -OCH3 is 1. The fourth-order valence-corrected chi connectivity index (χ4v) is 2.82. The van der Waals surface area contributed by atoms with Gasteiger partial charge in [0.05, 0.1) is 25.0 Å². The average Bonchev–Trinajstić information content (AvgIpc) is 2.84. The molecule has 0 spiro atoms. The van der Waals surface area contributed by atoms with Crippen molar-refractivity contribution in [1.82, 2.24) is 14.3 Å². The fourth-order valence-electron chi connectivity index (χ4n) is 2.82. The van der Waals surface area contributed by atoms with Gasteiger partial charge in [-0.2, -0.15) is 0 Å². The predicted octanol–water partition coefficient (Wildman–Crippen LogP) is 2.23. The molecule has 0 amide bonds. The lowest BCUT2D eigenvalue weighted by molar-refractivity contribution is 0.217. The van der Waals surface area contributed by atoms with E-state index in [0.29, 0.717) is 0 Å². The van der Waals surface area contributed by atoms with Crippen molar-refractivity contribution in [3.8, 4) is 5.75 Å². The van der Waals surface area contributed by atoms with Gasteiger partial charge in [-0.3, -0.25) is 0 Å². The molecule has 2 aromatic heterocycles. The lowest BCUT2D eigenvalue weighted by atomic mass is 9.93. The Morgan fingerprint density at radius 1 is 1.32 bits per heavy atom. The normalized spacial score (nSPS) is 18.0. The van der Waals surface area contributed by atoms with Crippen molar-refractivity contribution in [2.75, 3.05) is 27.2 Å². The number of nitrogens with zero attached hydrogens (tertiary/aromatic N) is 3. The van der Waals surface area contributed by atoms with E-state index in [1.165, 1.54) is 25.9 Å². The highest BCUT2D eigenvalue weighted by molar-refractivity contribution is 5.48. The number of ether oxygens (including phenoxy) is 1. The minimum Gasteiger partial charge on any atom is -0.495 e. The highest BCUT2D eigenvalue weighted by atomic mass is 16.5. The van der Waals surface area contributed by atoms with E-state index in [2.05, 4.69) is 27.4 Å². The van der Waals surface area contributed by atoms with Crippen LogP contribution >= 0.6 is 0 Å². The SMILES string of the molecule is COc1ccc2cnc(CC3CCN(C)CC3)n2c1. The van der Waals surface area contributed by atoms with Crippen LogP contribution < -0.4 is 4.74 Å². The summed E-state index contributed by atoms with van der Waals surface area (Å²) < 4.78 is 7.46. The minimum absolute atomic E-state index is 0.757. The quantitative estimate of drug-likeness (QED) is 0.846. The van der Waals surface area contributed by atoms with Gasteiger partial charge in [-0.05, 0) is 51.0 Å². The molecule has 2 aromatic rings. The van der Waals surface area contributed by atoms with E-state index in [9.17, 15) is 0 Å². The Morgan fingerprint density at radius 2 is 2.11 bits per heavy atom. The summed E-state index contributed by atoms with van der Waals surface area (Å²) in [6.45, 7) is 2.41. The van der Waals surface area contributed by atoms with Crippen molar-refractivity contribution in [3.05, 3.63) is 30.4 Å². The molecule has 3 heterocycles. The summed E-state index contributed by atoms with van der Waals surface area (Å²) in [4.78, 5) is 6.98. The van der Waals surface area contributed by atoms with Crippen LogP contribution in [0.3, 0.4) is 0 Å². The maximum Gasteiger partial charge on any atom is 0.135 e. The first-order valence-corrected chi connectivity index (χ1v) is 6.95. The van der Waals surface area contributed by atoms with Crippen molar-refractivity contribution < 1.29 is 4.74 Å². The number of piperidine rings is 1. The van der Waals surface area contributed by atoms with Crippen LogP contribution in [0.25, 0.3) is 5.52 Å². The number of aromatic nitrogens is 2. The van der Waals surface area contributed by atoms with Crippen molar-refractivity contribution in [1.29, 1.82) is 0 Å². The van der Waals surface area contributed by atoms with Gasteiger partial charge in [0.1, 0.15) is 11.6 Å². The number of hydrogen-bond acceptors (Lipinski definition) is 3. The van der Waals surface area contributed by atoms with E-state index in [0.717, 1.165) is 29.4 Å². The second kappa shape index (κ2) is 5.21. The van der Waals surface area contributed by atoms with Crippen molar-refractivity contribution >= 4 is 5.52 Å². The Bertz CT molecular complexity index is 556. The molecule has 0 aromatic carbocycles. The highest BCUT2D eigenvalue weighted by Crippen LogP contribution is 2.22. The van der Waals surface area contributed by atoms with Crippen LogP contribution in [-0.4, -0.2) is 41.5 Å². The van der Waals surface area contributed by atoms with Gasteiger partial charge in [0, 0.05) is 6.42 Å². The molecule has 0 atom stereocenters. The van der Waals surface area contributed by atoms with Crippen LogP contribution in [0.4, 0.5) is 0 Å². The average molecular weight is 259 g/mol. The predicted molar refractivity (Wildman–Crippen MR) is 75.7 cm³/mol. The summed E-state index contributed by atoms with van der Waals surface area (Å²) in [6.07, 6.45) is 7.59. The van der Waals surface area contributed by atoms with Gasteiger partial charge in [0.15, 0.2) is 0 Å². The Labute approximate surface area is 114 Å². The molecule has 102 valence electrons. The molecule has 0 N–H and O–H groups in total. The zero-order chi connectivity index (χ0) is 13.2. The third-order valence-electron chi connectivity index (χ3n) is 4.12. The van der Waals surface area contributed by atoms with Gasteiger partial charge in [-0.1, -0.05) is 0 Å². The molecular weight excluding hydrogens is 238 g/mol. The molecule has 19 heavy (non-hydrogen) atoms. The summed E-state index contributed by atoms with van der Waals surface area (Å²) in [5.41, 5.74) is 1.14. The molecule has 0 saturated carbocycles. The van der Waals surface area contributed by atoms with Crippen molar-refractivity contribution in [2.24, 2.45) is 5.92 Å². The Morgan fingerprint density at radius 3 is 2.84 bits per heavy atom. The molecule has 0 bridgehead atoms. The van der Waals surface area contributed by atoms with Gasteiger partial charge in [-0.15, -0.1) is 0 Å². The second-order valence-corrected chi connectivity index (χ2v) is 5.49. The van der Waals surface area contributed by atoms with Crippen molar-refractivity contribution in [3.63, 3.8) is 0 Å². The van der Waals surface area contributed by atoms with E-state index in [1.807, 2.05) is 18.5 Å². The smallest absolute Gasteiger partial charge is 0.135 e. The maximum absolute atomic E-state index is 5.30. The van der Waals surface area contributed by atoms with E-state index >= 15 is 0 Å². The standard InChI is InChI=1S/C15H21N3O/c1-17-7-5-12(6-8-17)9-15-16-10-13-3-4-14(19-2)11-18(13)15/h3-4,10-12H,5-9H2,1-2H3. The van der Waals surface area contributed by atoms with Crippen LogP contribution in [0.2, 0.25) is 0 Å². The first-order valence-electron chi connectivity index (χ1n) is 6.95. The number of imidazole rings is 1. The molecule has 4 nitrogen and oxygen atoms in total. The Balaban J connectivity index is 1.80. The zero-order valence-electron chi connectivity index (χ0n) is 11.7. The molecule has 1 aliphatic heterocycles. The third-order valence-corrected chi connectivity index (χ3v) is 4.12. The summed E-state index contributed by atoms with van der Waals surface area (Å²) >= 11 is 0. The topological polar surface area (TPSA) is 29.8 Å². The molecule has 1 fully saturated rings. The first kappa shape index (κ1) is 12.5. The van der Waals surface area contributed by atoms with Crippen LogP contribution in [0.1, 0.15) is 18.7 Å². The number of pyridine rings is 1. The number of likely N-dealkylation sites (tertiary alicyclic amines) is 1.